The molecule has 1 saturated heterocycles. The number of aromatic nitrogens is 5. The summed E-state index contributed by atoms with van der Waals surface area (Å²) in [6.07, 6.45) is 6.98. The van der Waals surface area contributed by atoms with Crippen LogP contribution in [0.4, 0.5) is 0 Å². The van der Waals surface area contributed by atoms with Crippen molar-refractivity contribution in [3.63, 3.8) is 0 Å². The average molecular weight is 396 g/mol. The zero-order chi connectivity index (χ0) is 20.4. The van der Waals surface area contributed by atoms with E-state index in [2.05, 4.69) is 25.4 Å². The van der Waals surface area contributed by atoms with Gasteiger partial charge in [0.2, 0.25) is 0 Å². The van der Waals surface area contributed by atoms with Gasteiger partial charge in [-0.15, -0.1) is 0 Å². The standard InChI is InChI=1S/C20H24N6O3/c1-20(2,3)19-24-18(29-25-19)13-6-7-16(21-9-13)26-11-15(23-12-26)17(27)22-10-14-5-4-8-28-14/h6-7,9,11-12,14H,4-5,8,10H2,1-3H3,(H,22,27)/t14-/m1/s1. The van der Waals surface area contributed by atoms with Gasteiger partial charge in [-0.2, -0.15) is 4.98 Å². The molecule has 29 heavy (non-hydrogen) atoms. The lowest BCUT2D eigenvalue weighted by Crippen LogP contribution is -2.31. The van der Waals surface area contributed by atoms with Crippen molar-refractivity contribution in [2.75, 3.05) is 13.2 Å². The highest BCUT2D eigenvalue weighted by atomic mass is 16.5. The molecule has 1 aliphatic rings. The summed E-state index contributed by atoms with van der Waals surface area (Å²) in [6, 6.07) is 3.66. The van der Waals surface area contributed by atoms with Crippen LogP contribution in [0.15, 0.2) is 35.4 Å². The van der Waals surface area contributed by atoms with Gasteiger partial charge in [-0.25, -0.2) is 9.97 Å². The summed E-state index contributed by atoms with van der Waals surface area (Å²) in [7, 11) is 0. The zero-order valence-corrected chi connectivity index (χ0v) is 16.8. The van der Waals surface area contributed by atoms with E-state index in [0.29, 0.717) is 29.8 Å². The van der Waals surface area contributed by atoms with E-state index in [1.54, 1.807) is 23.3 Å². The highest BCUT2D eigenvalue weighted by Gasteiger charge is 2.22. The summed E-state index contributed by atoms with van der Waals surface area (Å²) in [6.45, 7) is 7.33. The normalized spacial score (nSPS) is 16.9. The zero-order valence-electron chi connectivity index (χ0n) is 16.8. The number of nitrogens with zero attached hydrogens (tertiary/aromatic N) is 5. The quantitative estimate of drug-likeness (QED) is 0.706. The van der Waals surface area contributed by atoms with Crippen LogP contribution in [-0.4, -0.2) is 49.8 Å². The van der Waals surface area contributed by atoms with E-state index < -0.39 is 0 Å². The number of imidazole rings is 1. The number of hydrogen-bond donors (Lipinski definition) is 1. The molecule has 9 heteroatoms. The van der Waals surface area contributed by atoms with E-state index in [1.165, 1.54) is 0 Å². The van der Waals surface area contributed by atoms with Crippen molar-refractivity contribution in [1.29, 1.82) is 0 Å². The van der Waals surface area contributed by atoms with Crippen LogP contribution >= 0.6 is 0 Å². The third-order valence-electron chi connectivity index (χ3n) is 4.69. The lowest BCUT2D eigenvalue weighted by Gasteiger charge is -2.10. The third kappa shape index (κ3) is 4.34. The maximum Gasteiger partial charge on any atom is 0.271 e. The molecule has 0 unspecified atom stereocenters. The van der Waals surface area contributed by atoms with Crippen LogP contribution in [0.2, 0.25) is 0 Å². The fourth-order valence-electron chi connectivity index (χ4n) is 2.98. The van der Waals surface area contributed by atoms with Gasteiger partial charge in [-0.1, -0.05) is 25.9 Å². The maximum atomic E-state index is 12.3. The van der Waals surface area contributed by atoms with Crippen molar-refractivity contribution >= 4 is 5.91 Å². The minimum Gasteiger partial charge on any atom is -0.376 e. The summed E-state index contributed by atoms with van der Waals surface area (Å²) in [4.78, 5) is 25.3. The second kappa shape index (κ2) is 7.75. The molecule has 0 spiro atoms. The van der Waals surface area contributed by atoms with Gasteiger partial charge in [0, 0.05) is 31.0 Å². The smallest absolute Gasteiger partial charge is 0.271 e. The van der Waals surface area contributed by atoms with Crippen LogP contribution in [0, 0.1) is 0 Å². The van der Waals surface area contributed by atoms with Crippen molar-refractivity contribution < 1.29 is 14.1 Å². The molecule has 0 saturated carbocycles. The van der Waals surface area contributed by atoms with E-state index in [1.807, 2.05) is 32.9 Å². The van der Waals surface area contributed by atoms with Gasteiger partial charge in [-0.05, 0) is 25.0 Å². The van der Waals surface area contributed by atoms with E-state index in [-0.39, 0.29) is 17.4 Å². The van der Waals surface area contributed by atoms with E-state index >= 15 is 0 Å². The van der Waals surface area contributed by atoms with Crippen molar-refractivity contribution in [2.45, 2.75) is 45.1 Å². The Bertz CT molecular complexity index is 980. The molecule has 0 bridgehead atoms. The monoisotopic (exact) mass is 396 g/mol. The van der Waals surface area contributed by atoms with Gasteiger partial charge < -0.3 is 14.6 Å². The van der Waals surface area contributed by atoms with Crippen LogP contribution in [0.3, 0.4) is 0 Å². The van der Waals surface area contributed by atoms with Crippen LogP contribution in [0.5, 0.6) is 0 Å². The molecular weight excluding hydrogens is 372 g/mol. The molecule has 0 aliphatic carbocycles. The Labute approximate surface area is 168 Å². The average Bonchev–Trinajstić information content (AvgIpc) is 3.47. The molecule has 0 aromatic carbocycles. The Morgan fingerprint density at radius 1 is 1.31 bits per heavy atom. The molecule has 0 radical (unpaired) electrons. The molecule has 4 rings (SSSR count). The number of nitrogens with one attached hydrogen (secondary N) is 1. The molecule has 3 aromatic heterocycles. The molecule has 1 N–H and O–H groups in total. The Morgan fingerprint density at radius 3 is 2.83 bits per heavy atom. The highest BCUT2D eigenvalue weighted by molar-refractivity contribution is 5.92. The number of pyridine rings is 1. The van der Waals surface area contributed by atoms with E-state index in [0.717, 1.165) is 25.0 Å². The van der Waals surface area contributed by atoms with Gasteiger partial charge in [0.1, 0.15) is 17.8 Å². The predicted molar refractivity (Wildman–Crippen MR) is 105 cm³/mol. The first-order valence-electron chi connectivity index (χ1n) is 9.65. The molecular formula is C20H24N6O3. The van der Waals surface area contributed by atoms with Crippen molar-refractivity contribution in [1.82, 2.24) is 30.0 Å². The molecule has 1 amide bonds. The topological polar surface area (TPSA) is 108 Å². The number of carbonyl (C=O) groups excluding carboxylic acids is 1. The van der Waals surface area contributed by atoms with Crippen molar-refractivity contribution in [3.8, 4) is 17.3 Å². The fraction of sp³-hybridized carbons (Fsp3) is 0.450. The minimum atomic E-state index is -0.226. The van der Waals surface area contributed by atoms with Gasteiger partial charge in [0.15, 0.2) is 5.82 Å². The lowest BCUT2D eigenvalue weighted by atomic mass is 9.96. The first-order chi connectivity index (χ1) is 13.9. The highest BCUT2D eigenvalue weighted by Crippen LogP contribution is 2.23. The number of carbonyl (C=O) groups is 1. The summed E-state index contributed by atoms with van der Waals surface area (Å²) in [5.74, 6) is 1.48. The van der Waals surface area contributed by atoms with Gasteiger partial charge in [0.05, 0.1) is 11.7 Å². The fourth-order valence-corrected chi connectivity index (χ4v) is 2.98. The largest absolute Gasteiger partial charge is 0.376 e. The summed E-state index contributed by atoms with van der Waals surface area (Å²) in [5, 5.41) is 6.89. The summed E-state index contributed by atoms with van der Waals surface area (Å²) >= 11 is 0. The van der Waals surface area contributed by atoms with Gasteiger partial charge in [-0.3, -0.25) is 9.36 Å². The molecule has 152 valence electrons. The summed E-state index contributed by atoms with van der Waals surface area (Å²) in [5.41, 5.74) is 0.874. The van der Waals surface area contributed by atoms with Gasteiger partial charge >= 0.3 is 0 Å². The van der Waals surface area contributed by atoms with E-state index in [4.69, 9.17) is 9.26 Å². The molecule has 3 aromatic rings. The SMILES string of the molecule is CC(C)(C)c1noc(-c2ccc(-n3cnc(C(=O)NC[C@H]4CCCO4)c3)nc2)n1. The maximum absolute atomic E-state index is 12.3. The number of hydrogen-bond acceptors (Lipinski definition) is 7. The van der Waals surface area contributed by atoms with Crippen LogP contribution in [0.25, 0.3) is 17.3 Å². The Hall–Kier alpha value is -3.07. The Kier molecular flexibility index (Phi) is 5.14. The summed E-state index contributed by atoms with van der Waals surface area (Å²) < 4.78 is 12.6. The third-order valence-corrected chi connectivity index (χ3v) is 4.69. The van der Waals surface area contributed by atoms with Crippen molar-refractivity contribution in [3.05, 3.63) is 42.4 Å². The van der Waals surface area contributed by atoms with Crippen molar-refractivity contribution in [2.24, 2.45) is 0 Å². The predicted octanol–water partition coefficient (Wildman–Crippen LogP) is 2.52. The molecule has 9 nitrogen and oxygen atoms in total. The second-order valence-corrected chi connectivity index (χ2v) is 8.09. The minimum absolute atomic E-state index is 0.0961. The first kappa shape index (κ1) is 19.3. The number of amides is 1. The van der Waals surface area contributed by atoms with E-state index in [9.17, 15) is 4.79 Å². The Morgan fingerprint density at radius 2 is 2.17 bits per heavy atom. The first-order valence-corrected chi connectivity index (χ1v) is 9.65. The van der Waals surface area contributed by atoms with Crippen LogP contribution in [-0.2, 0) is 10.2 Å². The Balaban J connectivity index is 1.43. The van der Waals surface area contributed by atoms with Crippen LogP contribution < -0.4 is 5.32 Å². The number of ether oxygens (including phenoxy) is 1. The molecule has 1 aliphatic heterocycles. The molecule has 4 heterocycles. The lowest BCUT2D eigenvalue weighted by molar-refractivity contribution is 0.0854. The molecule has 1 fully saturated rings. The number of rotatable bonds is 5. The second-order valence-electron chi connectivity index (χ2n) is 8.09. The van der Waals surface area contributed by atoms with Crippen LogP contribution in [0.1, 0.15) is 49.9 Å². The molecule has 1 atom stereocenters. The van der Waals surface area contributed by atoms with Gasteiger partial charge in [0.25, 0.3) is 11.8 Å².